The molecule has 0 bridgehead atoms. The van der Waals surface area contributed by atoms with E-state index in [9.17, 15) is 14.4 Å². The Labute approximate surface area is 192 Å². The van der Waals surface area contributed by atoms with Gasteiger partial charge in [0.15, 0.2) is 0 Å². The highest BCUT2D eigenvalue weighted by molar-refractivity contribution is 8.00. The van der Waals surface area contributed by atoms with Gasteiger partial charge in [-0.05, 0) is 43.0 Å². The largest absolute Gasteiger partial charge is 0.339 e. The summed E-state index contributed by atoms with van der Waals surface area (Å²) in [6, 6.07) is 15.5. The molecule has 7 heteroatoms. The Morgan fingerprint density at radius 1 is 0.844 bits per heavy atom. The van der Waals surface area contributed by atoms with E-state index in [-0.39, 0.29) is 23.6 Å². The van der Waals surface area contributed by atoms with Crippen LogP contribution in [0.15, 0.2) is 53.4 Å². The highest BCUT2D eigenvalue weighted by Crippen LogP contribution is 2.32. The first-order valence-electron chi connectivity index (χ1n) is 11.3. The van der Waals surface area contributed by atoms with Crippen LogP contribution >= 0.6 is 11.8 Å². The third kappa shape index (κ3) is 4.26. The Balaban J connectivity index is 1.21. The van der Waals surface area contributed by atoms with Crippen LogP contribution in [-0.2, 0) is 16.0 Å². The fourth-order valence-corrected chi connectivity index (χ4v) is 5.39. The first-order valence-corrected chi connectivity index (χ1v) is 12.3. The van der Waals surface area contributed by atoms with Gasteiger partial charge in [-0.15, -0.1) is 11.8 Å². The molecule has 1 saturated heterocycles. The monoisotopic (exact) mass is 449 g/mol. The molecular weight excluding hydrogens is 422 g/mol. The predicted molar refractivity (Wildman–Crippen MR) is 125 cm³/mol. The fraction of sp³-hybridized carbons (Fsp3) is 0.400. The smallest absolute Gasteiger partial charge is 0.255 e. The third-order valence-electron chi connectivity index (χ3n) is 6.46. The molecule has 1 aliphatic carbocycles. The standard InChI is InChI=1S/C25H27N3O3S/c29-23(28-12-11-18-5-1-3-7-21(18)28)17-32-22-8-4-2-6-20(22)25(31)27-15-13-26(14-16-27)24(30)19-9-10-19/h1-8,19H,9-17H2. The molecule has 0 aromatic heterocycles. The average Bonchev–Trinajstić information content (AvgIpc) is 3.60. The van der Waals surface area contributed by atoms with Crippen LogP contribution in [0, 0.1) is 5.92 Å². The molecule has 166 valence electrons. The summed E-state index contributed by atoms with van der Waals surface area (Å²) in [5.74, 6) is 0.798. The van der Waals surface area contributed by atoms with Crippen LogP contribution in [0.5, 0.6) is 0 Å². The molecule has 3 amide bonds. The molecule has 2 aliphatic heterocycles. The lowest BCUT2D eigenvalue weighted by molar-refractivity contribution is -0.134. The maximum atomic E-state index is 13.2. The third-order valence-corrected chi connectivity index (χ3v) is 7.52. The molecule has 0 atom stereocenters. The molecule has 0 radical (unpaired) electrons. The van der Waals surface area contributed by atoms with Crippen molar-refractivity contribution < 1.29 is 14.4 Å². The molecule has 0 spiro atoms. The van der Waals surface area contributed by atoms with Crippen molar-refractivity contribution in [1.82, 2.24) is 9.80 Å². The van der Waals surface area contributed by atoms with E-state index >= 15 is 0 Å². The van der Waals surface area contributed by atoms with E-state index < -0.39 is 0 Å². The molecule has 0 unspecified atom stereocenters. The van der Waals surface area contributed by atoms with E-state index in [4.69, 9.17) is 0 Å². The molecule has 1 saturated carbocycles. The Morgan fingerprint density at radius 2 is 1.53 bits per heavy atom. The zero-order valence-corrected chi connectivity index (χ0v) is 18.9. The van der Waals surface area contributed by atoms with Crippen molar-refractivity contribution in [3.63, 3.8) is 0 Å². The summed E-state index contributed by atoms with van der Waals surface area (Å²) in [5.41, 5.74) is 2.84. The summed E-state index contributed by atoms with van der Waals surface area (Å²) >= 11 is 1.42. The molecule has 2 aromatic rings. The minimum atomic E-state index is -0.0226. The number of piperazine rings is 1. The van der Waals surface area contributed by atoms with E-state index in [1.54, 1.807) is 0 Å². The summed E-state index contributed by atoms with van der Waals surface area (Å²) in [5, 5.41) is 0. The topological polar surface area (TPSA) is 60.9 Å². The number of benzene rings is 2. The number of hydrogen-bond acceptors (Lipinski definition) is 4. The van der Waals surface area contributed by atoms with Crippen LogP contribution in [0.3, 0.4) is 0 Å². The summed E-state index contributed by atoms with van der Waals surface area (Å²) in [7, 11) is 0. The first-order chi connectivity index (χ1) is 15.6. The second-order valence-corrected chi connectivity index (χ2v) is 9.62. The van der Waals surface area contributed by atoms with E-state index in [0.29, 0.717) is 44.0 Å². The van der Waals surface area contributed by atoms with Crippen LogP contribution in [0.2, 0.25) is 0 Å². The van der Waals surface area contributed by atoms with Gasteiger partial charge in [0.1, 0.15) is 0 Å². The van der Waals surface area contributed by atoms with Crippen LogP contribution in [0.4, 0.5) is 5.69 Å². The zero-order valence-electron chi connectivity index (χ0n) is 18.0. The van der Waals surface area contributed by atoms with Crippen molar-refractivity contribution in [1.29, 1.82) is 0 Å². The van der Waals surface area contributed by atoms with Crippen LogP contribution in [-0.4, -0.2) is 66.0 Å². The van der Waals surface area contributed by atoms with Gasteiger partial charge < -0.3 is 14.7 Å². The number of hydrogen-bond donors (Lipinski definition) is 0. The summed E-state index contributed by atoms with van der Waals surface area (Å²) in [6.45, 7) is 3.02. The molecule has 2 fully saturated rings. The molecule has 3 aliphatic rings. The average molecular weight is 450 g/mol. The lowest BCUT2D eigenvalue weighted by Gasteiger charge is -2.35. The second kappa shape index (κ2) is 8.98. The van der Waals surface area contributed by atoms with E-state index in [2.05, 4.69) is 6.07 Å². The van der Waals surface area contributed by atoms with Gasteiger partial charge in [-0.25, -0.2) is 0 Å². The van der Waals surface area contributed by atoms with Crippen molar-refractivity contribution in [2.24, 2.45) is 5.92 Å². The Bertz CT molecular complexity index is 1040. The van der Waals surface area contributed by atoms with Crippen molar-refractivity contribution in [2.75, 3.05) is 43.4 Å². The van der Waals surface area contributed by atoms with Crippen LogP contribution in [0.1, 0.15) is 28.8 Å². The zero-order chi connectivity index (χ0) is 22.1. The van der Waals surface area contributed by atoms with Crippen molar-refractivity contribution in [3.05, 3.63) is 59.7 Å². The highest BCUT2D eigenvalue weighted by Gasteiger charge is 2.35. The summed E-state index contributed by atoms with van der Waals surface area (Å²) < 4.78 is 0. The number of fused-ring (bicyclic) bond motifs is 1. The number of anilines is 1. The van der Waals surface area contributed by atoms with Gasteiger partial charge in [0.05, 0.1) is 11.3 Å². The van der Waals surface area contributed by atoms with Crippen molar-refractivity contribution >= 4 is 35.2 Å². The van der Waals surface area contributed by atoms with Crippen LogP contribution in [0.25, 0.3) is 0 Å². The molecule has 2 heterocycles. The SMILES string of the molecule is O=C(c1ccccc1SCC(=O)N1CCc2ccccc21)N1CCN(C(=O)C2CC2)CC1. The summed E-state index contributed by atoms with van der Waals surface area (Å²) in [4.78, 5) is 44.8. The Kier molecular flexibility index (Phi) is 5.91. The van der Waals surface area contributed by atoms with Crippen molar-refractivity contribution in [2.45, 2.75) is 24.2 Å². The number of para-hydroxylation sites is 1. The lowest BCUT2D eigenvalue weighted by atomic mass is 10.1. The van der Waals surface area contributed by atoms with E-state index in [0.717, 1.165) is 29.8 Å². The van der Waals surface area contributed by atoms with E-state index in [1.807, 2.05) is 57.2 Å². The van der Waals surface area contributed by atoms with Gasteiger partial charge in [0, 0.05) is 49.2 Å². The lowest BCUT2D eigenvalue weighted by Crippen LogP contribution is -2.51. The highest BCUT2D eigenvalue weighted by atomic mass is 32.2. The number of rotatable bonds is 5. The number of nitrogens with zero attached hydrogens (tertiary/aromatic N) is 3. The van der Waals surface area contributed by atoms with Gasteiger partial charge in [0.2, 0.25) is 11.8 Å². The van der Waals surface area contributed by atoms with E-state index in [1.165, 1.54) is 17.3 Å². The normalized spacial score (nSPS) is 17.9. The molecular formula is C25H27N3O3S. The second-order valence-electron chi connectivity index (χ2n) is 8.60. The Morgan fingerprint density at radius 3 is 2.31 bits per heavy atom. The molecule has 6 nitrogen and oxygen atoms in total. The van der Waals surface area contributed by atoms with Crippen LogP contribution < -0.4 is 4.90 Å². The van der Waals surface area contributed by atoms with Gasteiger partial charge in [0.25, 0.3) is 5.91 Å². The fourth-order valence-electron chi connectivity index (χ4n) is 4.47. The van der Waals surface area contributed by atoms with Crippen molar-refractivity contribution in [3.8, 4) is 0 Å². The molecule has 32 heavy (non-hydrogen) atoms. The molecule has 2 aromatic carbocycles. The Hall–Kier alpha value is -2.80. The van der Waals surface area contributed by atoms with Gasteiger partial charge in [-0.2, -0.15) is 0 Å². The predicted octanol–water partition coefficient (Wildman–Crippen LogP) is 3.06. The maximum Gasteiger partial charge on any atom is 0.255 e. The van der Waals surface area contributed by atoms with Gasteiger partial charge >= 0.3 is 0 Å². The molecule has 5 rings (SSSR count). The number of carbonyl (C=O) groups is 3. The van der Waals surface area contributed by atoms with Gasteiger partial charge in [-0.3, -0.25) is 14.4 Å². The number of carbonyl (C=O) groups excluding carboxylic acids is 3. The summed E-state index contributed by atoms with van der Waals surface area (Å²) in [6.07, 6.45) is 2.89. The minimum Gasteiger partial charge on any atom is -0.339 e. The van der Waals surface area contributed by atoms with Gasteiger partial charge in [-0.1, -0.05) is 30.3 Å². The number of amides is 3. The quantitative estimate of drug-likeness (QED) is 0.659. The minimum absolute atomic E-state index is 0.0226. The first kappa shape index (κ1) is 21.1. The number of thioether (sulfide) groups is 1. The maximum absolute atomic E-state index is 13.2. The molecule has 0 N–H and O–H groups in total.